The van der Waals surface area contributed by atoms with Crippen LogP contribution >= 0.6 is 0 Å². The number of nitrogens with one attached hydrogen (secondary N) is 3. The van der Waals surface area contributed by atoms with Crippen molar-refractivity contribution in [2.45, 2.75) is 19.8 Å². The third-order valence-electron chi connectivity index (χ3n) is 3.92. The van der Waals surface area contributed by atoms with Gasteiger partial charge >= 0.3 is 0 Å². The van der Waals surface area contributed by atoms with Crippen LogP contribution in [0.5, 0.6) is 0 Å². The molecule has 3 amide bonds. The fraction of sp³-hybridized carbons (Fsp3) is 0.286. The molecule has 7 heteroatoms. The van der Waals surface area contributed by atoms with E-state index in [9.17, 15) is 14.4 Å². The predicted molar refractivity (Wildman–Crippen MR) is 112 cm³/mol. The molecular formula is C21H26N4O3. The fourth-order valence-electron chi connectivity index (χ4n) is 2.46. The Bertz CT molecular complexity index is 815. The van der Waals surface area contributed by atoms with Gasteiger partial charge in [0, 0.05) is 43.1 Å². The lowest BCUT2D eigenvalue weighted by Gasteiger charge is -2.11. The largest absolute Gasteiger partial charge is 0.376 e. The molecule has 0 aromatic heterocycles. The van der Waals surface area contributed by atoms with Gasteiger partial charge in [-0.1, -0.05) is 6.92 Å². The van der Waals surface area contributed by atoms with Crippen molar-refractivity contribution in [3.05, 3.63) is 54.1 Å². The number of hydrogen-bond donors (Lipinski definition) is 3. The first-order valence-corrected chi connectivity index (χ1v) is 9.14. The highest BCUT2D eigenvalue weighted by Gasteiger charge is 2.08. The first-order valence-electron chi connectivity index (χ1n) is 9.14. The molecule has 0 unspecified atom stereocenters. The Labute approximate surface area is 165 Å². The van der Waals surface area contributed by atoms with Crippen molar-refractivity contribution < 1.29 is 14.4 Å². The number of hydrogen-bond acceptors (Lipinski definition) is 4. The summed E-state index contributed by atoms with van der Waals surface area (Å²) in [5, 5.41) is 8.62. The zero-order valence-electron chi connectivity index (χ0n) is 16.4. The number of amides is 3. The lowest BCUT2D eigenvalue weighted by Crippen LogP contribution is -2.23. The molecule has 0 heterocycles. The van der Waals surface area contributed by atoms with Crippen LogP contribution in [0.2, 0.25) is 0 Å². The zero-order valence-corrected chi connectivity index (χ0v) is 16.4. The number of benzene rings is 2. The second kappa shape index (κ2) is 10.1. The van der Waals surface area contributed by atoms with E-state index in [4.69, 9.17) is 0 Å². The van der Waals surface area contributed by atoms with E-state index in [2.05, 4.69) is 16.0 Å². The summed E-state index contributed by atoms with van der Waals surface area (Å²) in [6.45, 7) is 2.05. The summed E-state index contributed by atoms with van der Waals surface area (Å²) < 4.78 is 0. The van der Waals surface area contributed by atoms with E-state index < -0.39 is 0 Å². The molecule has 0 spiro atoms. The van der Waals surface area contributed by atoms with Crippen molar-refractivity contribution in [1.82, 2.24) is 4.90 Å². The molecule has 2 aromatic rings. The van der Waals surface area contributed by atoms with Crippen LogP contribution in [0.3, 0.4) is 0 Å². The number of rotatable bonds is 8. The molecule has 0 radical (unpaired) electrons. The molecule has 0 saturated carbocycles. The Morgan fingerprint density at radius 2 is 1.29 bits per heavy atom. The monoisotopic (exact) mass is 382 g/mol. The molecule has 148 valence electrons. The minimum atomic E-state index is -0.202. The summed E-state index contributed by atoms with van der Waals surface area (Å²) in [4.78, 5) is 37.0. The quantitative estimate of drug-likeness (QED) is 0.654. The number of carbonyl (C=O) groups excluding carboxylic acids is 3. The van der Waals surface area contributed by atoms with Crippen LogP contribution < -0.4 is 16.0 Å². The molecule has 2 rings (SSSR count). The third-order valence-corrected chi connectivity index (χ3v) is 3.92. The summed E-state index contributed by atoms with van der Waals surface area (Å²) >= 11 is 0. The standard InChI is InChI=1S/C21H26N4O3/c1-4-5-19(26)23-18-12-10-16(11-13-18)22-14-20(27)24-17-8-6-15(7-9-17)21(28)25(2)3/h6-13,22H,4-5,14H2,1-3H3,(H,23,26)(H,24,27). The Hall–Kier alpha value is -3.35. The van der Waals surface area contributed by atoms with Gasteiger partial charge in [0.1, 0.15) is 0 Å². The highest BCUT2D eigenvalue weighted by Crippen LogP contribution is 2.14. The smallest absolute Gasteiger partial charge is 0.253 e. The number of anilines is 3. The fourth-order valence-corrected chi connectivity index (χ4v) is 2.46. The summed E-state index contributed by atoms with van der Waals surface area (Å²) in [5.74, 6) is -0.304. The van der Waals surface area contributed by atoms with Gasteiger partial charge in [-0.2, -0.15) is 0 Å². The Kier molecular flexibility index (Phi) is 7.56. The second-order valence-corrected chi connectivity index (χ2v) is 6.55. The lowest BCUT2D eigenvalue weighted by molar-refractivity contribution is -0.116. The second-order valence-electron chi connectivity index (χ2n) is 6.55. The van der Waals surface area contributed by atoms with E-state index in [0.717, 1.165) is 17.8 Å². The van der Waals surface area contributed by atoms with Crippen molar-refractivity contribution in [3.8, 4) is 0 Å². The topological polar surface area (TPSA) is 90.5 Å². The highest BCUT2D eigenvalue weighted by molar-refractivity contribution is 5.96. The van der Waals surface area contributed by atoms with Gasteiger partial charge in [-0.05, 0) is 55.0 Å². The Balaban J connectivity index is 1.82. The van der Waals surface area contributed by atoms with Gasteiger partial charge in [-0.15, -0.1) is 0 Å². The van der Waals surface area contributed by atoms with Gasteiger partial charge < -0.3 is 20.9 Å². The van der Waals surface area contributed by atoms with Gasteiger partial charge in [0.15, 0.2) is 0 Å². The van der Waals surface area contributed by atoms with E-state index >= 15 is 0 Å². The van der Waals surface area contributed by atoms with E-state index in [1.54, 1.807) is 62.6 Å². The van der Waals surface area contributed by atoms with Crippen LogP contribution in [-0.4, -0.2) is 43.3 Å². The predicted octanol–water partition coefficient (Wildman–Crippen LogP) is 3.18. The first kappa shape index (κ1) is 21.0. The van der Waals surface area contributed by atoms with Crippen LogP contribution in [0.25, 0.3) is 0 Å². The summed E-state index contributed by atoms with van der Waals surface area (Å²) in [5.41, 5.74) is 2.68. The SMILES string of the molecule is CCCC(=O)Nc1ccc(NCC(=O)Nc2ccc(C(=O)N(C)C)cc2)cc1. The van der Waals surface area contributed by atoms with E-state index in [1.807, 2.05) is 6.92 Å². The van der Waals surface area contributed by atoms with Crippen LogP contribution in [-0.2, 0) is 9.59 Å². The minimum Gasteiger partial charge on any atom is -0.376 e. The van der Waals surface area contributed by atoms with Crippen LogP contribution in [0.1, 0.15) is 30.1 Å². The van der Waals surface area contributed by atoms with E-state index in [-0.39, 0.29) is 24.3 Å². The number of carbonyl (C=O) groups is 3. The average Bonchev–Trinajstić information content (AvgIpc) is 2.67. The van der Waals surface area contributed by atoms with Crippen LogP contribution in [0, 0.1) is 0 Å². The maximum Gasteiger partial charge on any atom is 0.253 e. The molecule has 0 aliphatic rings. The molecule has 0 fully saturated rings. The normalized spacial score (nSPS) is 10.1. The van der Waals surface area contributed by atoms with Gasteiger partial charge in [0.2, 0.25) is 11.8 Å². The van der Waals surface area contributed by atoms with Crippen molar-refractivity contribution in [2.24, 2.45) is 0 Å². The highest BCUT2D eigenvalue weighted by atomic mass is 16.2. The van der Waals surface area contributed by atoms with E-state index in [0.29, 0.717) is 17.7 Å². The van der Waals surface area contributed by atoms with Crippen LogP contribution in [0.4, 0.5) is 17.1 Å². The Morgan fingerprint density at radius 3 is 1.82 bits per heavy atom. The summed E-state index contributed by atoms with van der Waals surface area (Å²) in [7, 11) is 3.38. The zero-order chi connectivity index (χ0) is 20.5. The van der Waals surface area contributed by atoms with E-state index in [1.165, 1.54) is 4.90 Å². The summed E-state index contributed by atoms with van der Waals surface area (Å²) in [6.07, 6.45) is 1.29. The molecular weight excluding hydrogens is 356 g/mol. The van der Waals surface area contributed by atoms with Crippen LogP contribution in [0.15, 0.2) is 48.5 Å². The molecule has 0 saturated heterocycles. The lowest BCUT2D eigenvalue weighted by atomic mass is 10.2. The maximum absolute atomic E-state index is 12.1. The Morgan fingerprint density at radius 1 is 0.786 bits per heavy atom. The molecule has 28 heavy (non-hydrogen) atoms. The van der Waals surface area contributed by atoms with Gasteiger partial charge in [0.25, 0.3) is 5.91 Å². The first-order chi connectivity index (χ1) is 13.4. The molecule has 0 aliphatic carbocycles. The van der Waals surface area contributed by atoms with Crippen molar-refractivity contribution in [2.75, 3.05) is 36.6 Å². The third kappa shape index (κ3) is 6.42. The van der Waals surface area contributed by atoms with Crippen molar-refractivity contribution >= 4 is 34.8 Å². The molecule has 3 N–H and O–H groups in total. The molecule has 0 bridgehead atoms. The molecule has 0 aliphatic heterocycles. The van der Waals surface area contributed by atoms with Gasteiger partial charge in [-0.3, -0.25) is 14.4 Å². The average molecular weight is 382 g/mol. The summed E-state index contributed by atoms with van der Waals surface area (Å²) in [6, 6.07) is 13.9. The van der Waals surface area contributed by atoms with Gasteiger partial charge in [-0.25, -0.2) is 0 Å². The van der Waals surface area contributed by atoms with Gasteiger partial charge in [0.05, 0.1) is 6.54 Å². The molecule has 7 nitrogen and oxygen atoms in total. The maximum atomic E-state index is 12.1. The van der Waals surface area contributed by atoms with Crippen molar-refractivity contribution in [1.29, 1.82) is 0 Å². The molecule has 2 aromatic carbocycles. The van der Waals surface area contributed by atoms with Crippen molar-refractivity contribution in [3.63, 3.8) is 0 Å². The minimum absolute atomic E-state index is 0.0131. The number of nitrogens with zero attached hydrogens (tertiary/aromatic N) is 1. The molecule has 0 atom stereocenters.